The quantitative estimate of drug-likeness (QED) is 0.201. The van der Waals surface area contributed by atoms with Crippen LogP contribution in [0.2, 0.25) is 0 Å². The first-order valence-electron chi connectivity index (χ1n) is 8.88. The summed E-state index contributed by atoms with van der Waals surface area (Å²) < 4.78 is 0. The van der Waals surface area contributed by atoms with Crippen LogP contribution in [0.1, 0.15) is 51.4 Å². The second-order valence-corrected chi connectivity index (χ2v) is 5.92. The predicted octanol–water partition coefficient (Wildman–Crippen LogP) is 3.22. The van der Waals surface area contributed by atoms with E-state index in [2.05, 4.69) is 0 Å². The van der Waals surface area contributed by atoms with Gasteiger partial charge in [-0.3, -0.25) is 9.59 Å². The normalized spacial score (nSPS) is 14.7. The van der Waals surface area contributed by atoms with E-state index in [1.165, 1.54) is 0 Å². The molecular formula is C20H30O6. The third-order valence-corrected chi connectivity index (χ3v) is 3.45. The Balaban J connectivity index is 3.80. The van der Waals surface area contributed by atoms with Crippen LogP contribution in [-0.4, -0.2) is 44.6 Å². The predicted molar refractivity (Wildman–Crippen MR) is 101 cm³/mol. The molecule has 0 aliphatic rings. The molecule has 0 fully saturated rings. The summed E-state index contributed by atoms with van der Waals surface area (Å²) in [7, 11) is 0. The molecule has 0 spiro atoms. The Hall–Kier alpha value is -2.18. The van der Waals surface area contributed by atoms with Crippen LogP contribution in [0, 0.1) is 0 Å². The number of carboxylic acid groups (broad SMARTS) is 2. The number of unbranched alkanes of at least 4 members (excludes halogenated alkanes) is 2. The van der Waals surface area contributed by atoms with E-state index in [1.807, 2.05) is 12.2 Å². The molecule has 0 radical (unpaired) electrons. The van der Waals surface area contributed by atoms with Gasteiger partial charge in [-0.2, -0.15) is 0 Å². The van der Waals surface area contributed by atoms with E-state index >= 15 is 0 Å². The largest absolute Gasteiger partial charge is 0.481 e. The number of rotatable bonds is 15. The highest BCUT2D eigenvalue weighted by molar-refractivity contribution is 5.66. The zero-order valence-electron chi connectivity index (χ0n) is 15.0. The van der Waals surface area contributed by atoms with E-state index in [4.69, 9.17) is 10.2 Å². The second kappa shape index (κ2) is 16.3. The van der Waals surface area contributed by atoms with Crippen LogP contribution < -0.4 is 0 Å². The topological polar surface area (TPSA) is 115 Å². The SMILES string of the molecule is O=C(O)CCCC/C=C/CC(O)/C=C/C=C/C=C/C(O)CCCC(=O)O. The van der Waals surface area contributed by atoms with Gasteiger partial charge >= 0.3 is 11.9 Å². The summed E-state index contributed by atoms with van der Waals surface area (Å²) in [6.45, 7) is 0. The van der Waals surface area contributed by atoms with Crippen molar-refractivity contribution in [2.75, 3.05) is 0 Å². The first-order valence-corrected chi connectivity index (χ1v) is 8.88. The number of aliphatic carboxylic acids is 2. The van der Waals surface area contributed by atoms with Crippen LogP contribution in [0.4, 0.5) is 0 Å². The molecule has 6 heteroatoms. The molecule has 0 aromatic rings. The maximum Gasteiger partial charge on any atom is 0.303 e. The zero-order chi connectivity index (χ0) is 19.6. The van der Waals surface area contributed by atoms with Crippen LogP contribution in [0.25, 0.3) is 0 Å². The van der Waals surface area contributed by atoms with Crippen molar-refractivity contribution in [3.63, 3.8) is 0 Å². The van der Waals surface area contributed by atoms with Crippen LogP contribution in [-0.2, 0) is 9.59 Å². The summed E-state index contributed by atoms with van der Waals surface area (Å²) in [5.41, 5.74) is 0. The van der Waals surface area contributed by atoms with Crippen LogP contribution in [0.3, 0.4) is 0 Å². The first-order chi connectivity index (χ1) is 12.4. The van der Waals surface area contributed by atoms with Gasteiger partial charge in [0.25, 0.3) is 0 Å². The van der Waals surface area contributed by atoms with E-state index in [0.717, 1.165) is 12.8 Å². The standard InChI is InChI=1S/C20H30O6/c21-17(11-6-2-1-3-9-15-19(23)24)12-7-4-5-8-13-18(22)14-10-16-20(25)26/h2,4-8,12-13,17-18,21-22H,1,3,9-11,14-16H2,(H,23,24)(H,25,26)/b5-4+,6-2+,12-7+,13-8+. The summed E-state index contributed by atoms with van der Waals surface area (Å²) >= 11 is 0. The smallest absolute Gasteiger partial charge is 0.303 e. The van der Waals surface area contributed by atoms with Crippen molar-refractivity contribution >= 4 is 11.9 Å². The van der Waals surface area contributed by atoms with E-state index in [9.17, 15) is 19.8 Å². The highest BCUT2D eigenvalue weighted by Crippen LogP contribution is 2.04. The van der Waals surface area contributed by atoms with Crippen LogP contribution >= 0.6 is 0 Å². The Kier molecular flexibility index (Phi) is 14.9. The number of hydrogen-bond donors (Lipinski definition) is 4. The molecule has 0 bridgehead atoms. The highest BCUT2D eigenvalue weighted by Gasteiger charge is 2.01. The number of allylic oxidation sites excluding steroid dienone is 5. The van der Waals surface area contributed by atoms with Gasteiger partial charge in [0.1, 0.15) is 0 Å². The molecule has 0 aliphatic carbocycles. The van der Waals surface area contributed by atoms with Gasteiger partial charge in [-0.15, -0.1) is 0 Å². The van der Waals surface area contributed by atoms with Gasteiger partial charge in [-0.25, -0.2) is 0 Å². The third-order valence-electron chi connectivity index (χ3n) is 3.45. The molecule has 0 saturated carbocycles. The molecule has 26 heavy (non-hydrogen) atoms. The van der Waals surface area contributed by atoms with Crippen molar-refractivity contribution < 1.29 is 30.0 Å². The fourth-order valence-corrected chi connectivity index (χ4v) is 2.04. The van der Waals surface area contributed by atoms with E-state index < -0.39 is 24.1 Å². The Morgan fingerprint density at radius 3 is 1.92 bits per heavy atom. The zero-order valence-corrected chi connectivity index (χ0v) is 15.0. The fourth-order valence-electron chi connectivity index (χ4n) is 2.04. The molecule has 2 atom stereocenters. The van der Waals surface area contributed by atoms with Crippen molar-refractivity contribution in [2.24, 2.45) is 0 Å². The molecule has 0 heterocycles. The molecular weight excluding hydrogens is 336 g/mol. The summed E-state index contributed by atoms with van der Waals surface area (Å²) in [4.78, 5) is 20.7. The maximum absolute atomic E-state index is 10.4. The molecule has 0 aliphatic heterocycles. The van der Waals surface area contributed by atoms with Gasteiger partial charge in [0.15, 0.2) is 0 Å². The molecule has 146 valence electrons. The lowest BCUT2D eigenvalue weighted by Gasteiger charge is -2.02. The number of aliphatic hydroxyl groups excluding tert-OH is 2. The Labute approximate surface area is 154 Å². The van der Waals surface area contributed by atoms with Gasteiger partial charge in [0, 0.05) is 12.8 Å². The van der Waals surface area contributed by atoms with Crippen molar-refractivity contribution in [1.29, 1.82) is 0 Å². The molecule has 4 N–H and O–H groups in total. The molecule has 0 rings (SSSR count). The number of hydrogen-bond acceptors (Lipinski definition) is 4. The molecule has 0 amide bonds. The third kappa shape index (κ3) is 18.2. The lowest BCUT2D eigenvalue weighted by Crippen LogP contribution is -2.03. The fraction of sp³-hybridized carbons (Fsp3) is 0.500. The second-order valence-electron chi connectivity index (χ2n) is 5.92. The minimum atomic E-state index is -0.863. The number of carbonyl (C=O) groups is 2. The van der Waals surface area contributed by atoms with Gasteiger partial charge < -0.3 is 20.4 Å². The molecule has 0 aromatic carbocycles. The van der Waals surface area contributed by atoms with E-state index in [1.54, 1.807) is 36.5 Å². The van der Waals surface area contributed by atoms with Crippen molar-refractivity contribution in [3.05, 3.63) is 48.6 Å². The van der Waals surface area contributed by atoms with Gasteiger partial charge in [-0.1, -0.05) is 48.6 Å². The van der Waals surface area contributed by atoms with Gasteiger partial charge in [0.2, 0.25) is 0 Å². The lowest BCUT2D eigenvalue weighted by molar-refractivity contribution is -0.138. The molecule has 6 nitrogen and oxygen atoms in total. The number of carboxylic acids is 2. The van der Waals surface area contributed by atoms with Crippen molar-refractivity contribution in [2.45, 2.75) is 63.6 Å². The van der Waals surface area contributed by atoms with Crippen LogP contribution in [0.5, 0.6) is 0 Å². The van der Waals surface area contributed by atoms with Crippen LogP contribution in [0.15, 0.2) is 48.6 Å². The molecule has 0 saturated heterocycles. The minimum absolute atomic E-state index is 0.0537. The van der Waals surface area contributed by atoms with E-state index in [0.29, 0.717) is 25.7 Å². The summed E-state index contributed by atoms with van der Waals surface area (Å²) in [6, 6.07) is 0. The van der Waals surface area contributed by atoms with Crippen molar-refractivity contribution in [1.82, 2.24) is 0 Å². The average Bonchev–Trinajstić information content (AvgIpc) is 2.56. The Bertz CT molecular complexity index is 504. The maximum atomic E-state index is 10.4. The summed E-state index contributed by atoms with van der Waals surface area (Å²) in [6.07, 6.45) is 16.6. The number of aliphatic hydroxyl groups is 2. The summed E-state index contributed by atoms with van der Waals surface area (Å²) in [5.74, 6) is -1.64. The lowest BCUT2D eigenvalue weighted by atomic mass is 10.1. The Morgan fingerprint density at radius 1 is 0.731 bits per heavy atom. The summed E-state index contributed by atoms with van der Waals surface area (Å²) in [5, 5.41) is 36.4. The molecule has 0 aromatic heterocycles. The minimum Gasteiger partial charge on any atom is -0.481 e. The Morgan fingerprint density at radius 2 is 1.31 bits per heavy atom. The van der Waals surface area contributed by atoms with Crippen molar-refractivity contribution in [3.8, 4) is 0 Å². The molecule has 2 unspecified atom stereocenters. The average molecular weight is 366 g/mol. The van der Waals surface area contributed by atoms with Gasteiger partial charge in [-0.05, 0) is 38.5 Å². The first kappa shape index (κ1) is 23.8. The highest BCUT2D eigenvalue weighted by atomic mass is 16.4. The monoisotopic (exact) mass is 366 g/mol. The van der Waals surface area contributed by atoms with Gasteiger partial charge in [0.05, 0.1) is 12.2 Å². The van der Waals surface area contributed by atoms with E-state index in [-0.39, 0.29) is 12.8 Å².